The Hall–Kier alpha value is -5.44. The van der Waals surface area contributed by atoms with Crippen LogP contribution in [0.4, 0.5) is 30.0 Å². The number of hydrogen-bond acceptors (Lipinski definition) is 9. The Bertz CT molecular complexity index is 2360. The maximum absolute atomic E-state index is 14.2. The number of benzene rings is 3. The van der Waals surface area contributed by atoms with Gasteiger partial charge in [-0.15, -0.1) is 0 Å². The molecule has 71 heavy (non-hydrogen) atoms. The monoisotopic (exact) mass is 1040 g/mol. The Kier molecular flexibility index (Phi) is 20.3. The number of hydrogen-bond donors (Lipinski definition) is 4. The molecule has 0 unspecified atom stereocenters. The predicted octanol–water partition coefficient (Wildman–Crippen LogP) is 10.3. The van der Waals surface area contributed by atoms with Gasteiger partial charge >= 0.3 is 39.1 Å². The van der Waals surface area contributed by atoms with Crippen molar-refractivity contribution in [2.45, 2.75) is 90.6 Å². The zero-order chi connectivity index (χ0) is 52.6. The van der Waals surface area contributed by atoms with Crippen LogP contribution >= 0.6 is 15.1 Å². The van der Waals surface area contributed by atoms with Gasteiger partial charge in [-0.05, 0) is 93.8 Å². The van der Waals surface area contributed by atoms with Crippen LogP contribution in [-0.4, -0.2) is 80.0 Å². The van der Waals surface area contributed by atoms with Gasteiger partial charge in [0.05, 0.1) is 29.8 Å². The third-order valence-corrected chi connectivity index (χ3v) is 16.6. The van der Waals surface area contributed by atoms with Crippen LogP contribution in [0, 0.1) is 11.8 Å². The maximum atomic E-state index is 14.2. The molecule has 3 aromatic carbocycles. The number of carbonyl (C=O) groups is 4. The first-order valence-electron chi connectivity index (χ1n) is 23.2. The summed E-state index contributed by atoms with van der Waals surface area (Å²) in [6.07, 6.45) is 8.61. The Morgan fingerprint density at radius 1 is 0.817 bits per heavy atom. The molecule has 6 atom stereocenters. The molecule has 1 heterocycles. The average molecular weight is 1040 g/mol. The van der Waals surface area contributed by atoms with Crippen molar-refractivity contribution >= 4 is 54.6 Å². The first kappa shape index (κ1) is 58.1. The number of fused-ring (bicyclic) bond motifs is 2. The van der Waals surface area contributed by atoms with E-state index in [1.807, 2.05) is 13.8 Å². The summed E-state index contributed by atoms with van der Waals surface area (Å²) in [7, 11) is -9.63. The molecule has 2 bridgehead atoms. The van der Waals surface area contributed by atoms with Gasteiger partial charge in [0.1, 0.15) is 29.3 Å². The summed E-state index contributed by atoms with van der Waals surface area (Å²) >= 11 is 0. The van der Waals surface area contributed by atoms with Crippen LogP contribution in [0.3, 0.4) is 0 Å². The number of nitrogens with two attached hydrogens (primary N) is 1. The minimum absolute atomic E-state index is 0.110. The van der Waals surface area contributed by atoms with Gasteiger partial charge in [-0.2, -0.15) is 0 Å². The van der Waals surface area contributed by atoms with E-state index < -0.39 is 69.0 Å². The van der Waals surface area contributed by atoms with Crippen LogP contribution in [0.25, 0.3) is 0 Å². The number of ether oxygens (including phenoxy) is 3. The number of aliphatic hydroxyl groups excluding tert-OH is 1. The second kappa shape index (κ2) is 24.8. The predicted molar refractivity (Wildman–Crippen MR) is 270 cm³/mol. The molecular weight excluding hydrogens is 971 g/mol. The van der Waals surface area contributed by atoms with Crippen molar-refractivity contribution < 1.29 is 63.7 Å². The number of rotatable bonds is 14. The van der Waals surface area contributed by atoms with Gasteiger partial charge in [-0.1, -0.05) is 99.2 Å². The van der Waals surface area contributed by atoms with E-state index in [1.165, 1.54) is 42.3 Å². The summed E-state index contributed by atoms with van der Waals surface area (Å²) in [5.41, 5.74) is 6.67. The van der Waals surface area contributed by atoms with E-state index in [-0.39, 0.29) is 34.9 Å². The first-order chi connectivity index (χ1) is 33.2. The van der Waals surface area contributed by atoms with Crippen molar-refractivity contribution in [2.24, 2.45) is 17.6 Å². The molecule has 1 aliphatic carbocycles. The minimum atomic E-state index is -10.7. The van der Waals surface area contributed by atoms with Crippen molar-refractivity contribution in [3.05, 3.63) is 149 Å². The third kappa shape index (κ3) is 18.3. The summed E-state index contributed by atoms with van der Waals surface area (Å²) < 4.78 is 76.1. The van der Waals surface area contributed by atoms with Gasteiger partial charge in [-0.25, -0.2) is 4.79 Å². The molecule has 5 rings (SSSR count). The Morgan fingerprint density at radius 3 is 1.83 bits per heavy atom. The Morgan fingerprint density at radius 2 is 1.34 bits per heavy atom. The number of allylic oxidation sites excluding steroid dienone is 4. The molecule has 3 aromatic rings. The van der Waals surface area contributed by atoms with Crippen LogP contribution in [-0.2, 0) is 28.6 Å². The zero-order valence-corrected chi connectivity index (χ0v) is 42.5. The molecule has 388 valence electrons. The number of methoxy groups -OCH3 is 2. The fourth-order valence-electron chi connectivity index (χ4n) is 8.70. The van der Waals surface area contributed by atoms with Gasteiger partial charge < -0.3 is 35.7 Å². The number of carbonyl (C=O) groups excluding carboxylic acids is 4. The number of Topliss-reactive ketones (excluding diaryl/α,β-unsaturated/α-hetero) is 1. The van der Waals surface area contributed by atoms with E-state index in [0.29, 0.717) is 18.5 Å². The van der Waals surface area contributed by atoms with Crippen molar-refractivity contribution in [1.29, 1.82) is 0 Å². The van der Waals surface area contributed by atoms with Crippen LogP contribution in [0.1, 0.15) is 66.2 Å². The van der Waals surface area contributed by atoms with Crippen molar-refractivity contribution in [3.8, 4) is 0 Å². The first-order valence-corrected chi connectivity index (χ1v) is 27.2. The molecule has 0 saturated heterocycles. The van der Waals surface area contributed by atoms with E-state index in [1.54, 1.807) is 32.1 Å². The molecule has 2 aliphatic rings. The van der Waals surface area contributed by atoms with E-state index >= 15 is 0 Å². The number of aliphatic hydroxyl groups is 1. The van der Waals surface area contributed by atoms with Gasteiger partial charge in [0, 0.05) is 43.9 Å². The molecule has 0 radical (unpaired) electrons. The Labute approximate surface area is 412 Å². The molecular formula is C52H65F6N3O8P2. The van der Waals surface area contributed by atoms with E-state index in [2.05, 4.69) is 102 Å². The van der Waals surface area contributed by atoms with Gasteiger partial charge in [0.15, 0.2) is 6.10 Å². The van der Waals surface area contributed by atoms with Crippen LogP contribution in [0.5, 0.6) is 0 Å². The van der Waals surface area contributed by atoms with Crippen LogP contribution in [0.2, 0.25) is 0 Å². The number of halogens is 6. The number of nitrogens with one attached hydrogen (secondary N) is 2. The second-order valence-electron chi connectivity index (χ2n) is 17.8. The molecule has 0 spiro atoms. The van der Waals surface area contributed by atoms with Crippen molar-refractivity contribution in [1.82, 2.24) is 10.6 Å². The molecule has 5 N–H and O–H groups in total. The topological polar surface area (TPSA) is 166 Å². The standard InChI is InChI=1S/C52H64N3O8P.F6P/c1-35-31-42-47(54-29-18-7-8-19-30-64(39-22-12-9-13-23-39,40-24-14-10-15-25-40)41-26-16-11-17-27-41)44(56)34-43(49(42)58)55-51(59)36(2)21-20-28-45(61-5)50(63-52(53)60)38(4)33-37(3)48(57)46(32-35)62-6;1-7(2,3,4,5)6/h9-17,20-28,33-35,37,45-46,48,50,57H,7-8,18-19,29-32H2,1-6H3,(H3-,53,54,55,56,58,59,60);/q;-1/p+1/b28-20-,36-21?,38-33+;/t35-,37+,45+,46+,48-,50+;/m1./s1. The molecule has 0 fully saturated rings. The van der Waals surface area contributed by atoms with Gasteiger partial charge in [0.25, 0.3) is 5.91 Å². The van der Waals surface area contributed by atoms with E-state index in [4.69, 9.17) is 19.9 Å². The van der Waals surface area contributed by atoms with E-state index in [9.17, 15) is 49.5 Å². The zero-order valence-electron chi connectivity index (χ0n) is 40.7. The van der Waals surface area contributed by atoms with Gasteiger partial charge in [0.2, 0.25) is 11.6 Å². The van der Waals surface area contributed by atoms with Gasteiger partial charge in [-0.3, -0.25) is 14.4 Å². The molecule has 2 amide bonds. The third-order valence-electron chi connectivity index (χ3n) is 12.1. The molecule has 19 heteroatoms. The SMILES string of the molecule is CO[C@H]1/C=C\C=C(C)C(=O)NC2=CC(=O)C(NCCCCCC[P+](c3ccccc3)(c3ccccc3)c3ccccc3)=C(C[C@@H](C)C[C@H](OC)[C@H](O)[C@@H](C)/C=C(\C)[C@@H]1OC(N)=O)C2=O.F[P-](F)(F)(F)(F)F. The number of primary amides is 1. The summed E-state index contributed by atoms with van der Waals surface area (Å²) in [5.74, 6) is -2.09. The van der Waals surface area contributed by atoms with Crippen molar-refractivity contribution in [3.63, 3.8) is 0 Å². The second-order valence-corrected chi connectivity index (χ2v) is 23.3. The number of ketones is 2. The average Bonchev–Trinajstić information content (AvgIpc) is 3.31. The van der Waals surface area contributed by atoms with Crippen molar-refractivity contribution in [2.75, 3.05) is 26.9 Å². The number of amides is 2. The Balaban J connectivity index is 0.00000145. The molecule has 0 saturated carbocycles. The summed E-state index contributed by atoms with van der Waals surface area (Å²) in [6, 6.07) is 32.6. The molecule has 1 aliphatic heterocycles. The van der Waals surface area contributed by atoms with E-state index in [0.717, 1.165) is 31.8 Å². The van der Waals surface area contributed by atoms with Crippen LogP contribution in [0.15, 0.2) is 149 Å². The molecule has 0 aromatic heterocycles. The summed E-state index contributed by atoms with van der Waals surface area (Å²) in [4.78, 5) is 53.4. The summed E-state index contributed by atoms with van der Waals surface area (Å²) in [5, 5.41) is 21.6. The fourth-order valence-corrected chi connectivity index (χ4v) is 13.1. The molecule has 11 nitrogen and oxygen atoms in total. The number of unbranched alkanes of at least 4 members (excludes halogenated alkanes) is 3. The quantitative estimate of drug-likeness (QED) is 0.0404. The fraction of sp³-hybridized carbons (Fsp3) is 0.385. The summed E-state index contributed by atoms with van der Waals surface area (Å²) in [6.45, 7) is 7.58. The normalized spacial score (nSPS) is 24.1. The van der Waals surface area contributed by atoms with Crippen LogP contribution < -0.4 is 32.3 Å².